The highest BCUT2D eigenvalue weighted by Crippen LogP contribution is 2.38. The molecule has 3 aromatic carbocycles. The molecule has 0 saturated heterocycles. The van der Waals surface area contributed by atoms with Crippen LogP contribution in [0.15, 0.2) is 72.8 Å². The fourth-order valence-corrected chi connectivity index (χ4v) is 4.05. The number of urea groups is 1. The number of carbonyl (C=O) groups is 1. The van der Waals surface area contributed by atoms with Crippen LogP contribution in [-0.2, 0) is 6.42 Å². The lowest BCUT2D eigenvalue weighted by molar-refractivity contribution is 0.194. The number of benzene rings is 3. The van der Waals surface area contributed by atoms with Gasteiger partial charge >= 0.3 is 6.03 Å². The van der Waals surface area contributed by atoms with Crippen molar-refractivity contribution in [3.8, 4) is 5.75 Å². The van der Waals surface area contributed by atoms with Crippen molar-refractivity contribution < 1.29 is 9.53 Å². The lowest BCUT2D eigenvalue weighted by Crippen LogP contribution is -2.43. The first-order valence-electron chi connectivity index (χ1n) is 9.80. The lowest BCUT2D eigenvalue weighted by atomic mass is 9.88. The Kier molecular flexibility index (Phi) is 5.72. The minimum Gasteiger partial charge on any atom is -0.494 e. The van der Waals surface area contributed by atoms with Crippen LogP contribution in [0.2, 0.25) is 5.02 Å². The predicted molar refractivity (Wildman–Crippen MR) is 117 cm³/mol. The van der Waals surface area contributed by atoms with E-state index < -0.39 is 0 Å². The van der Waals surface area contributed by atoms with E-state index in [1.807, 2.05) is 72.5 Å². The quantitative estimate of drug-likeness (QED) is 0.584. The van der Waals surface area contributed by atoms with E-state index in [1.54, 1.807) is 0 Å². The number of carbonyl (C=O) groups excluding carboxylic acids is 1. The molecule has 0 aromatic heterocycles. The topological polar surface area (TPSA) is 41.6 Å². The van der Waals surface area contributed by atoms with Crippen LogP contribution >= 0.6 is 11.6 Å². The van der Waals surface area contributed by atoms with Crippen LogP contribution in [0, 0.1) is 0 Å². The molecule has 1 atom stereocenters. The first-order chi connectivity index (χ1) is 14.2. The van der Waals surface area contributed by atoms with Gasteiger partial charge in [0.05, 0.1) is 12.6 Å². The number of nitrogens with zero attached hydrogens (tertiary/aromatic N) is 1. The Bertz CT molecular complexity index is 1000. The Morgan fingerprint density at radius 2 is 1.72 bits per heavy atom. The van der Waals surface area contributed by atoms with Crippen molar-refractivity contribution in [1.29, 1.82) is 0 Å². The molecule has 29 heavy (non-hydrogen) atoms. The SMILES string of the molecule is CCOc1ccc(NC(=O)N2CCc3ccccc3[C@H]2c2ccccc2Cl)cc1. The largest absolute Gasteiger partial charge is 0.494 e. The molecule has 0 saturated carbocycles. The Balaban J connectivity index is 1.64. The average molecular weight is 407 g/mol. The van der Waals surface area contributed by atoms with Crippen LogP contribution in [0.4, 0.5) is 10.5 Å². The van der Waals surface area contributed by atoms with Crippen molar-refractivity contribution in [2.75, 3.05) is 18.5 Å². The monoisotopic (exact) mass is 406 g/mol. The maximum absolute atomic E-state index is 13.2. The lowest BCUT2D eigenvalue weighted by Gasteiger charge is -2.38. The van der Waals surface area contributed by atoms with Gasteiger partial charge in [0.2, 0.25) is 0 Å². The summed E-state index contributed by atoms with van der Waals surface area (Å²) in [5, 5.41) is 3.68. The van der Waals surface area contributed by atoms with Crippen LogP contribution in [0.1, 0.15) is 29.7 Å². The third-order valence-electron chi connectivity index (χ3n) is 5.16. The first kappa shape index (κ1) is 19.3. The molecule has 5 heteroatoms. The summed E-state index contributed by atoms with van der Waals surface area (Å²) in [6, 6.07) is 23.0. The fraction of sp³-hybridized carbons (Fsp3) is 0.208. The number of halogens is 1. The second-order valence-corrected chi connectivity index (χ2v) is 7.36. The molecule has 1 N–H and O–H groups in total. The van der Waals surface area contributed by atoms with Gasteiger partial charge in [-0.05, 0) is 60.4 Å². The second kappa shape index (κ2) is 8.58. The zero-order chi connectivity index (χ0) is 20.2. The number of ether oxygens (including phenoxy) is 1. The van der Waals surface area contributed by atoms with Gasteiger partial charge in [0.1, 0.15) is 5.75 Å². The molecule has 4 rings (SSSR count). The highest BCUT2D eigenvalue weighted by atomic mass is 35.5. The van der Waals surface area contributed by atoms with Crippen LogP contribution in [0.25, 0.3) is 0 Å². The maximum atomic E-state index is 13.2. The number of hydrogen-bond acceptors (Lipinski definition) is 2. The first-order valence-corrected chi connectivity index (χ1v) is 10.2. The predicted octanol–water partition coefficient (Wildman–Crippen LogP) is 5.92. The second-order valence-electron chi connectivity index (χ2n) is 6.95. The summed E-state index contributed by atoms with van der Waals surface area (Å²) >= 11 is 6.53. The summed E-state index contributed by atoms with van der Waals surface area (Å²) < 4.78 is 5.47. The molecule has 2 amide bonds. The van der Waals surface area contributed by atoms with Crippen molar-refractivity contribution in [1.82, 2.24) is 4.90 Å². The minimum absolute atomic E-state index is 0.145. The van der Waals surface area contributed by atoms with Gasteiger partial charge in [0.25, 0.3) is 0 Å². The highest BCUT2D eigenvalue weighted by molar-refractivity contribution is 6.31. The molecule has 4 nitrogen and oxygen atoms in total. The number of amides is 2. The van der Waals surface area contributed by atoms with E-state index in [4.69, 9.17) is 16.3 Å². The molecular weight excluding hydrogens is 384 g/mol. The van der Waals surface area contributed by atoms with Gasteiger partial charge < -0.3 is 15.0 Å². The molecule has 0 radical (unpaired) electrons. The third kappa shape index (κ3) is 4.08. The van der Waals surface area contributed by atoms with Crippen LogP contribution in [-0.4, -0.2) is 24.1 Å². The van der Waals surface area contributed by atoms with E-state index >= 15 is 0 Å². The van der Waals surface area contributed by atoms with E-state index in [0.29, 0.717) is 18.2 Å². The summed E-state index contributed by atoms with van der Waals surface area (Å²) in [5.41, 5.74) is 4.04. The van der Waals surface area contributed by atoms with Crippen LogP contribution in [0.5, 0.6) is 5.75 Å². The van der Waals surface area contributed by atoms with Gasteiger partial charge in [0, 0.05) is 17.3 Å². The van der Waals surface area contributed by atoms with E-state index in [-0.39, 0.29) is 12.1 Å². The van der Waals surface area contributed by atoms with E-state index in [1.165, 1.54) is 5.56 Å². The fourth-order valence-electron chi connectivity index (χ4n) is 3.81. The number of fused-ring (bicyclic) bond motifs is 1. The molecular formula is C24H23ClN2O2. The van der Waals surface area contributed by atoms with Gasteiger partial charge in [-0.2, -0.15) is 0 Å². The van der Waals surface area contributed by atoms with Crippen LogP contribution < -0.4 is 10.1 Å². The summed E-state index contributed by atoms with van der Waals surface area (Å²) in [6.45, 7) is 3.17. The summed E-state index contributed by atoms with van der Waals surface area (Å²) in [4.78, 5) is 15.1. The van der Waals surface area contributed by atoms with Crippen molar-refractivity contribution in [2.45, 2.75) is 19.4 Å². The standard InChI is InChI=1S/C24H23ClN2O2/c1-2-29-19-13-11-18(12-14-19)26-24(28)27-16-15-17-7-3-4-8-20(17)23(27)21-9-5-6-10-22(21)25/h3-14,23H,2,15-16H2,1H3,(H,26,28)/t23-/m0/s1. The summed E-state index contributed by atoms with van der Waals surface area (Å²) in [7, 11) is 0. The molecule has 0 bridgehead atoms. The molecule has 3 aromatic rings. The van der Waals surface area contributed by atoms with Crippen LogP contribution in [0.3, 0.4) is 0 Å². The molecule has 1 heterocycles. The molecule has 1 aliphatic rings. The molecule has 0 fully saturated rings. The molecule has 148 valence electrons. The number of anilines is 1. The molecule has 0 aliphatic carbocycles. The molecule has 0 unspecified atom stereocenters. The number of nitrogens with one attached hydrogen (secondary N) is 1. The Labute approximate surface area is 176 Å². The van der Waals surface area contributed by atoms with Gasteiger partial charge in [-0.25, -0.2) is 4.79 Å². The van der Waals surface area contributed by atoms with Gasteiger partial charge in [-0.15, -0.1) is 0 Å². The van der Waals surface area contributed by atoms with E-state index in [0.717, 1.165) is 29.0 Å². The Hall–Kier alpha value is -2.98. The highest BCUT2D eigenvalue weighted by Gasteiger charge is 2.33. The Morgan fingerprint density at radius 1 is 1.03 bits per heavy atom. The summed E-state index contributed by atoms with van der Waals surface area (Å²) in [6.07, 6.45) is 0.813. The van der Waals surface area contributed by atoms with E-state index in [2.05, 4.69) is 17.4 Å². The number of hydrogen-bond donors (Lipinski definition) is 1. The maximum Gasteiger partial charge on any atom is 0.322 e. The zero-order valence-corrected chi connectivity index (χ0v) is 17.0. The van der Waals surface area contributed by atoms with E-state index in [9.17, 15) is 4.79 Å². The van der Waals surface area contributed by atoms with Crippen molar-refractivity contribution in [2.24, 2.45) is 0 Å². The molecule has 0 spiro atoms. The number of rotatable bonds is 4. The summed E-state index contributed by atoms with van der Waals surface area (Å²) in [5.74, 6) is 0.784. The third-order valence-corrected chi connectivity index (χ3v) is 5.50. The normalized spacial score (nSPS) is 15.5. The van der Waals surface area contributed by atoms with Gasteiger partial charge in [-0.1, -0.05) is 54.1 Å². The minimum atomic E-state index is -0.226. The smallest absolute Gasteiger partial charge is 0.322 e. The van der Waals surface area contributed by atoms with Gasteiger partial charge in [-0.3, -0.25) is 0 Å². The van der Waals surface area contributed by atoms with Gasteiger partial charge in [0.15, 0.2) is 0 Å². The molecule has 1 aliphatic heterocycles. The zero-order valence-electron chi connectivity index (χ0n) is 16.3. The van der Waals surface area contributed by atoms with Crippen molar-refractivity contribution in [3.05, 3.63) is 94.5 Å². The van der Waals surface area contributed by atoms with Crippen molar-refractivity contribution >= 4 is 23.3 Å². The average Bonchev–Trinajstić information content (AvgIpc) is 2.75. The Morgan fingerprint density at radius 3 is 2.45 bits per heavy atom. The van der Waals surface area contributed by atoms with Crippen molar-refractivity contribution in [3.63, 3.8) is 0 Å².